The van der Waals surface area contributed by atoms with Crippen molar-refractivity contribution in [1.82, 2.24) is 0 Å². The van der Waals surface area contributed by atoms with E-state index in [2.05, 4.69) is 238 Å². The third kappa shape index (κ3) is 6.81. The molecule has 1 heterocycles. The van der Waals surface area contributed by atoms with Gasteiger partial charge in [-0.3, -0.25) is 0 Å². The summed E-state index contributed by atoms with van der Waals surface area (Å²) in [4.78, 5) is 9.39. The minimum absolute atomic E-state index is 0.0766. The molecule has 8 aromatic carbocycles. The highest BCUT2D eigenvalue weighted by Crippen LogP contribution is 2.49. The van der Waals surface area contributed by atoms with Crippen LogP contribution in [0.3, 0.4) is 0 Å². The molecule has 1 N–H and O–H groups in total. The largest absolute Gasteiger partial charge is 0.359 e. The van der Waals surface area contributed by atoms with Gasteiger partial charge in [0.05, 0.1) is 11.4 Å². The summed E-state index contributed by atoms with van der Waals surface area (Å²) in [5.74, 6) is 0. The summed E-state index contributed by atoms with van der Waals surface area (Å²) in [5, 5.41) is 3.83. The van der Waals surface area contributed by atoms with Gasteiger partial charge in [-0.05, 0) is 103 Å². The lowest BCUT2D eigenvalue weighted by molar-refractivity contribution is 0.827. The Morgan fingerprint density at radius 1 is 0.389 bits per heavy atom. The van der Waals surface area contributed by atoms with Crippen LogP contribution in [0.1, 0.15) is 11.7 Å². The summed E-state index contributed by atoms with van der Waals surface area (Å²) in [7, 11) is 0. The molecule has 8 aromatic rings. The Hall–Kier alpha value is -6.69. The Balaban J connectivity index is 1.19. The zero-order valence-electron chi connectivity index (χ0n) is 29.6. The molecule has 1 unspecified atom stereocenters. The number of anilines is 9. The lowest BCUT2D eigenvalue weighted by Crippen LogP contribution is -2.23. The highest BCUT2D eigenvalue weighted by Gasteiger charge is 2.32. The molecule has 54 heavy (non-hydrogen) atoms. The molecule has 9 rings (SSSR count). The Morgan fingerprint density at radius 3 is 1.43 bits per heavy atom. The number of hydrogen-bond acceptors (Lipinski definition) is 5. The third-order valence-electron chi connectivity index (χ3n) is 9.61. The maximum absolute atomic E-state index is 3.83. The van der Waals surface area contributed by atoms with Crippen LogP contribution in [0.2, 0.25) is 0 Å². The molecule has 0 aliphatic carbocycles. The number of hydrogen-bond donors (Lipinski definition) is 1. The second-order valence-electron chi connectivity index (χ2n) is 13.1. The first-order valence-electron chi connectivity index (χ1n) is 18.2. The molecule has 0 amide bonds. The zero-order valence-corrected chi connectivity index (χ0v) is 30.4. The van der Waals surface area contributed by atoms with Gasteiger partial charge in [0, 0.05) is 49.6 Å². The Morgan fingerprint density at radius 2 is 0.852 bits per heavy atom. The Kier molecular flexibility index (Phi) is 9.28. The molecule has 260 valence electrons. The summed E-state index contributed by atoms with van der Waals surface area (Å²) in [6.45, 7) is 0. The van der Waals surface area contributed by atoms with Gasteiger partial charge < -0.3 is 20.0 Å². The molecule has 0 saturated heterocycles. The van der Waals surface area contributed by atoms with Crippen molar-refractivity contribution >= 4 is 62.9 Å². The van der Waals surface area contributed by atoms with Crippen LogP contribution >= 0.6 is 11.8 Å². The van der Waals surface area contributed by atoms with Gasteiger partial charge in [-0.15, -0.1) is 0 Å². The number of fused-ring (bicyclic) bond motifs is 1. The van der Waals surface area contributed by atoms with Crippen LogP contribution in [0.4, 0.5) is 51.2 Å². The lowest BCUT2D eigenvalue weighted by atomic mass is 10.1. The standard InChI is InChI=1S/C49H38N4S/c1-6-19-37(20-7-1)49-50-47-31-16-17-32-48(47)53(49)44-33-43(52(40-25-12-4-13-26-40)41-27-14-5-15-28-41)35-46(36-44)54-45-30-18-29-42(34-45)51(38-21-8-2-9-22-38)39-23-10-3-11-24-39/h1-36,49-50H. The Bertz CT molecular complexity index is 2380. The minimum Gasteiger partial charge on any atom is -0.359 e. The fourth-order valence-electron chi connectivity index (χ4n) is 7.23. The van der Waals surface area contributed by atoms with E-state index in [1.807, 2.05) is 0 Å². The number of benzene rings is 8. The van der Waals surface area contributed by atoms with Gasteiger partial charge in [-0.2, -0.15) is 0 Å². The van der Waals surface area contributed by atoms with E-state index in [0.717, 1.165) is 61.0 Å². The van der Waals surface area contributed by atoms with E-state index in [9.17, 15) is 0 Å². The number of nitrogens with zero attached hydrogens (tertiary/aromatic N) is 3. The monoisotopic (exact) mass is 714 g/mol. The molecule has 4 nitrogen and oxygen atoms in total. The molecular weight excluding hydrogens is 677 g/mol. The molecular formula is C49H38N4S. The first kappa shape index (κ1) is 33.2. The number of nitrogens with one attached hydrogen (secondary N) is 1. The van der Waals surface area contributed by atoms with Crippen molar-refractivity contribution in [2.24, 2.45) is 0 Å². The van der Waals surface area contributed by atoms with Crippen molar-refractivity contribution in [3.63, 3.8) is 0 Å². The van der Waals surface area contributed by atoms with E-state index < -0.39 is 0 Å². The van der Waals surface area contributed by atoms with Gasteiger partial charge >= 0.3 is 0 Å². The van der Waals surface area contributed by atoms with E-state index in [0.29, 0.717) is 0 Å². The number of para-hydroxylation sites is 6. The van der Waals surface area contributed by atoms with Crippen molar-refractivity contribution in [2.75, 3.05) is 20.0 Å². The smallest absolute Gasteiger partial charge is 0.130 e. The summed E-state index contributed by atoms with van der Waals surface area (Å²) >= 11 is 1.78. The van der Waals surface area contributed by atoms with E-state index in [-0.39, 0.29) is 6.17 Å². The first-order chi connectivity index (χ1) is 26.8. The van der Waals surface area contributed by atoms with Crippen LogP contribution < -0.4 is 20.0 Å². The van der Waals surface area contributed by atoms with Crippen LogP contribution in [0.5, 0.6) is 0 Å². The predicted molar refractivity (Wildman–Crippen MR) is 228 cm³/mol. The van der Waals surface area contributed by atoms with Crippen LogP contribution in [0.15, 0.2) is 228 Å². The fourth-order valence-corrected chi connectivity index (χ4v) is 8.19. The zero-order chi connectivity index (χ0) is 36.1. The second-order valence-corrected chi connectivity index (χ2v) is 14.3. The van der Waals surface area contributed by atoms with E-state index in [1.165, 1.54) is 5.56 Å². The van der Waals surface area contributed by atoms with E-state index in [4.69, 9.17) is 0 Å². The topological polar surface area (TPSA) is 21.8 Å². The van der Waals surface area contributed by atoms with Crippen LogP contribution in [-0.2, 0) is 0 Å². The summed E-state index contributed by atoms with van der Waals surface area (Å²) in [6, 6.07) is 77.6. The summed E-state index contributed by atoms with van der Waals surface area (Å²) in [6.07, 6.45) is -0.0766. The highest BCUT2D eigenvalue weighted by atomic mass is 32.2. The summed E-state index contributed by atoms with van der Waals surface area (Å²) in [5.41, 5.74) is 11.2. The molecule has 1 aliphatic heterocycles. The maximum Gasteiger partial charge on any atom is 0.130 e. The van der Waals surface area contributed by atoms with E-state index in [1.54, 1.807) is 11.8 Å². The number of rotatable bonds is 10. The SMILES string of the molecule is c1ccc(C2Nc3ccccc3N2c2cc(Sc3cccc(N(c4ccccc4)c4ccccc4)c3)cc(N(c3ccccc3)c3ccccc3)c2)cc1. The second kappa shape index (κ2) is 15.1. The highest BCUT2D eigenvalue weighted by molar-refractivity contribution is 7.99. The molecule has 0 spiro atoms. The molecule has 1 aliphatic rings. The quantitative estimate of drug-likeness (QED) is 0.152. The predicted octanol–water partition coefficient (Wildman–Crippen LogP) is 14.0. The molecule has 0 fully saturated rings. The average Bonchev–Trinajstić information content (AvgIpc) is 3.63. The summed E-state index contributed by atoms with van der Waals surface area (Å²) < 4.78 is 0. The van der Waals surface area contributed by atoms with Gasteiger partial charge in [-0.25, -0.2) is 0 Å². The first-order valence-corrected chi connectivity index (χ1v) is 19.0. The van der Waals surface area contributed by atoms with Gasteiger partial charge in [0.15, 0.2) is 0 Å². The molecule has 0 radical (unpaired) electrons. The van der Waals surface area contributed by atoms with Gasteiger partial charge in [0.25, 0.3) is 0 Å². The molecule has 0 bridgehead atoms. The van der Waals surface area contributed by atoms with Gasteiger partial charge in [0.1, 0.15) is 6.17 Å². The van der Waals surface area contributed by atoms with Crippen molar-refractivity contribution < 1.29 is 0 Å². The van der Waals surface area contributed by atoms with E-state index >= 15 is 0 Å². The van der Waals surface area contributed by atoms with Crippen molar-refractivity contribution in [2.45, 2.75) is 16.0 Å². The lowest BCUT2D eigenvalue weighted by Gasteiger charge is -2.31. The maximum atomic E-state index is 3.83. The van der Waals surface area contributed by atoms with Gasteiger partial charge in [-0.1, -0.05) is 133 Å². The van der Waals surface area contributed by atoms with Crippen LogP contribution in [0, 0.1) is 0 Å². The average molecular weight is 715 g/mol. The Labute approximate surface area is 321 Å². The molecule has 5 heteroatoms. The fraction of sp³-hybridized carbons (Fsp3) is 0.0204. The normalized spacial score (nSPS) is 13.2. The van der Waals surface area contributed by atoms with Crippen molar-refractivity contribution in [3.8, 4) is 0 Å². The minimum atomic E-state index is -0.0766. The van der Waals surface area contributed by atoms with Crippen molar-refractivity contribution in [1.29, 1.82) is 0 Å². The van der Waals surface area contributed by atoms with Gasteiger partial charge in [0.2, 0.25) is 0 Å². The van der Waals surface area contributed by atoms with Crippen molar-refractivity contribution in [3.05, 3.63) is 224 Å². The molecule has 1 atom stereocenters. The van der Waals surface area contributed by atoms with Crippen LogP contribution in [-0.4, -0.2) is 0 Å². The van der Waals surface area contributed by atoms with Crippen LogP contribution in [0.25, 0.3) is 0 Å². The third-order valence-corrected chi connectivity index (χ3v) is 10.6. The molecule has 0 saturated carbocycles. The molecule has 0 aromatic heterocycles.